The van der Waals surface area contributed by atoms with Gasteiger partial charge in [0.1, 0.15) is 0 Å². The Balaban J connectivity index is 2.06. The summed E-state index contributed by atoms with van der Waals surface area (Å²) >= 11 is 1.87. The molecule has 15 heavy (non-hydrogen) atoms. The predicted molar refractivity (Wildman–Crippen MR) is 66.3 cm³/mol. The van der Waals surface area contributed by atoms with Gasteiger partial charge in [-0.2, -0.15) is 11.8 Å². The van der Waals surface area contributed by atoms with Crippen LogP contribution in [0.2, 0.25) is 0 Å². The third-order valence-corrected chi connectivity index (χ3v) is 3.82. The van der Waals surface area contributed by atoms with Gasteiger partial charge in [0.25, 0.3) is 0 Å². The van der Waals surface area contributed by atoms with Crippen LogP contribution in [-0.2, 0) is 6.42 Å². The van der Waals surface area contributed by atoms with Crippen molar-refractivity contribution in [1.29, 1.82) is 0 Å². The van der Waals surface area contributed by atoms with Crippen LogP contribution >= 0.6 is 11.8 Å². The van der Waals surface area contributed by atoms with E-state index in [4.69, 9.17) is 5.73 Å². The summed E-state index contributed by atoms with van der Waals surface area (Å²) in [5.41, 5.74) is 8.89. The lowest BCUT2D eigenvalue weighted by Crippen LogP contribution is -2.28. The number of nitrogens with zero attached hydrogens (tertiary/aromatic N) is 1. The lowest BCUT2D eigenvalue weighted by molar-refractivity contribution is 0.510. The van der Waals surface area contributed by atoms with Crippen molar-refractivity contribution >= 4 is 11.8 Å². The molecule has 1 heterocycles. The van der Waals surface area contributed by atoms with Gasteiger partial charge in [0.15, 0.2) is 0 Å². The van der Waals surface area contributed by atoms with Gasteiger partial charge in [0.05, 0.1) is 0 Å². The maximum absolute atomic E-state index is 6.23. The molecule has 1 aliphatic carbocycles. The summed E-state index contributed by atoms with van der Waals surface area (Å²) < 4.78 is 0. The van der Waals surface area contributed by atoms with E-state index in [0.717, 1.165) is 18.6 Å². The summed E-state index contributed by atoms with van der Waals surface area (Å²) in [5.74, 6) is 1.65. The second kappa shape index (κ2) is 4.99. The van der Waals surface area contributed by atoms with Gasteiger partial charge in [-0.1, -0.05) is 6.07 Å². The molecule has 2 unspecified atom stereocenters. The highest BCUT2D eigenvalue weighted by Crippen LogP contribution is 2.34. The number of hydrogen-bond donors (Lipinski definition) is 1. The molecular formula is C12H18N2S. The Hall–Kier alpha value is -0.540. The Morgan fingerprint density at radius 1 is 1.67 bits per heavy atom. The van der Waals surface area contributed by atoms with E-state index >= 15 is 0 Å². The van der Waals surface area contributed by atoms with Gasteiger partial charge in [-0.15, -0.1) is 0 Å². The molecule has 1 aliphatic rings. The fourth-order valence-electron chi connectivity index (χ4n) is 2.32. The molecule has 3 heteroatoms. The molecule has 0 spiro atoms. The molecule has 2 rings (SSSR count). The largest absolute Gasteiger partial charge is 0.327 e. The highest BCUT2D eigenvalue weighted by atomic mass is 32.2. The first-order chi connectivity index (χ1) is 7.33. The number of aromatic nitrogens is 1. The van der Waals surface area contributed by atoms with E-state index in [1.165, 1.54) is 17.7 Å². The first-order valence-electron chi connectivity index (χ1n) is 5.51. The fourth-order valence-corrected chi connectivity index (χ4v) is 2.82. The maximum Gasteiger partial charge on any atom is 0.0482 e. The highest BCUT2D eigenvalue weighted by molar-refractivity contribution is 7.98. The zero-order valence-corrected chi connectivity index (χ0v) is 9.96. The van der Waals surface area contributed by atoms with Gasteiger partial charge in [-0.3, -0.25) is 4.98 Å². The molecule has 2 atom stereocenters. The number of pyridine rings is 1. The lowest BCUT2D eigenvalue weighted by Gasteiger charge is -2.18. The van der Waals surface area contributed by atoms with Crippen LogP contribution in [0.4, 0.5) is 0 Å². The van der Waals surface area contributed by atoms with Crippen molar-refractivity contribution in [3.05, 3.63) is 29.6 Å². The Kier molecular flexibility index (Phi) is 3.65. The maximum atomic E-state index is 6.23. The molecule has 0 aromatic carbocycles. The summed E-state index contributed by atoms with van der Waals surface area (Å²) in [6.07, 6.45) is 7.45. The van der Waals surface area contributed by atoms with E-state index in [1.807, 2.05) is 24.0 Å². The van der Waals surface area contributed by atoms with Crippen molar-refractivity contribution in [3.63, 3.8) is 0 Å². The molecule has 1 aromatic rings. The van der Waals surface area contributed by atoms with Crippen LogP contribution < -0.4 is 5.73 Å². The SMILES string of the molecule is CSCCC(N)C1CCc2cccnc21. The van der Waals surface area contributed by atoms with Crippen LogP contribution in [0, 0.1) is 0 Å². The van der Waals surface area contributed by atoms with Crippen molar-refractivity contribution in [3.8, 4) is 0 Å². The average molecular weight is 222 g/mol. The van der Waals surface area contributed by atoms with Crippen LogP contribution in [0.15, 0.2) is 18.3 Å². The van der Waals surface area contributed by atoms with E-state index in [9.17, 15) is 0 Å². The zero-order chi connectivity index (χ0) is 10.7. The van der Waals surface area contributed by atoms with E-state index in [0.29, 0.717) is 5.92 Å². The summed E-state index contributed by atoms with van der Waals surface area (Å²) in [6, 6.07) is 4.49. The highest BCUT2D eigenvalue weighted by Gasteiger charge is 2.28. The van der Waals surface area contributed by atoms with Gasteiger partial charge in [0.2, 0.25) is 0 Å². The second-order valence-electron chi connectivity index (χ2n) is 4.14. The molecule has 0 bridgehead atoms. The minimum Gasteiger partial charge on any atom is -0.327 e. The van der Waals surface area contributed by atoms with Crippen LogP contribution in [-0.4, -0.2) is 23.0 Å². The first-order valence-corrected chi connectivity index (χ1v) is 6.90. The van der Waals surface area contributed by atoms with Crippen molar-refractivity contribution in [1.82, 2.24) is 4.98 Å². The molecule has 2 nitrogen and oxygen atoms in total. The summed E-state index contributed by atoms with van der Waals surface area (Å²) in [7, 11) is 0. The van der Waals surface area contributed by atoms with Crippen molar-refractivity contribution in [2.24, 2.45) is 5.73 Å². The second-order valence-corrected chi connectivity index (χ2v) is 5.12. The normalized spacial score (nSPS) is 21.3. The van der Waals surface area contributed by atoms with Gasteiger partial charge in [0, 0.05) is 23.9 Å². The zero-order valence-electron chi connectivity index (χ0n) is 9.15. The third-order valence-electron chi connectivity index (χ3n) is 3.17. The molecule has 0 amide bonds. The van der Waals surface area contributed by atoms with Gasteiger partial charge in [-0.05, 0) is 42.9 Å². The monoisotopic (exact) mass is 222 g/mol. The Morgan fingerprint density at radius 3 is 3.33 bits per heavy atom. The number of aryl methyl sites for hydroxylation is 1. The standard InChI is InChI=1S/C12H18N2S/c1-15-8-6-11(13)10-5-4-9-3-2-7-14-12(9)10/h2-3,7,10-11H,4-6,8,13H2,1H3. The number of hydrogen-bond acceptors (Lipinski definition) is 3. The Labute approximate surface area is 95.7 Å². The number of thioether (sulfide) groups is 1. The molecule has 0 radical (unpaired) electrons. The van der Waals surface area contributed by atoms with Crippen LogP contribution in [0.25, 0.3) is 0 Å². The van der Waals surface area contributed by atoms with E-state index in [2.05, 4.69) is 17.3 Å². The molecular weight excluding hydrogens is 204 g/mol. The van der Waals surface area contributed by atoms with Gasteiger partial charge < -0.3 is 5.73 Å². The Morgan fingerprint density at radius 2 is 2.53 bits per heavy atom. The number of rotatable bonds is 4. The molecule has 1 aromatic heterocycles. The van der Waals surface area contributed by atoms with E-state index in [-0.39, 0.29) is 6.04 Å². The molecule has 0 saturated carbocycles. The fraction of sp³-hybridized carbons (Fsp3) is 0.583. The molecule has 82 valence electrons. The molecule has 0 aliphatic heterocycles. The molecule has 0 fully saturated rings. The van der Waals surface area contributed by atoms with Crippen molar-refractivity contribution in [2.45, 2.75) is 31.2 Å². The van der Waals surface area contributed by atoms with Crippen LogP contribution in [0.5, 0.6) is 0 Å². The Bertz CT molecular complexity index is 327. The summed E-state index contributed by atoms with van der Waals surface area (Å²) in [5, 5.41) is 0. The number of fused-ring (bicyclic) bond motifs is 1. The third kappa shape index (κ3) is 2.34. The molecule has 2 N–H and O–H groups in total. The minimum atomic E-state index is 0.286. The number of nitrogens with two attached hydrogens (primary N) is 1. The van der Waals surface area contributed by atoms with Crippen molar-refractivity contribution < 1.29 is 0 Å². The quantitative estimate of drug-likeness (QED) is 0.848. The minimum absolute atomic E-state index is 0.286. The summed E-state index contributed by atoms with van der Waals surface area (Å²) in [4.78, 5) is 4.48. The summed E-state index contributed by atoms with van der Waals surface area (Å²) in [6.45, 7) is 0. The van der Waals surface area contributed by atoms with Crippen LogP contribution in [0.1, 0.15) is 30.0 Å². The van der Waals surface area contributed by atoms with E-state index in [1.54, 1.807) is 0 Å². The molecule has 0 saturated heterocycles. The lowest BCUT2D eigenvalue weighted by atomic mass is 9.96. The smallest absolute Gasteiger partial charge is 0.0482 e. The first kappa shape index (κ1) is 11.0. The topological polar surface area (TPSA) is 38.9 Å². The van der Waals surface area contributed by atoms with Gasteiger partial charge in [-0.25, -0.2) is 0 Å². The van der Waals surface area contributed by atoms with Crippen LogP contribution in [0.3, 0.4) is 0 Å². The van der Waals surface area contributed by atoms with Gasteiger partial charge >= 0.3 is 0 Å². The predicted octanol–water partition coefficient (Wildman–Crippen LogP) is 2.19. The van der Waals surface area contributed by atoms with Crippen molar-refractivity contribution in [2.75, 3.05) is 12.0 Å². The average Bonchev–Trinajstić information content (AvgIpc) is 2.69. The van der Waals surface area contributed by atoms with E-state index < -0.39 is 0 Å².